The minimum atomic E-state index is -3.80. The number of benzene rings is 1. The molecule has 0 aliphatic carbocycles. The standard InChI is InChI=1S/C19H23N7O4S2/c1-31-19-23-16(25-8-10-30-11-9-25)15-12-22-26(17(15)24-19)7-6-21-18(27)13-2-4-14(5-3-13)32(20,28)29/h2-5,12H,6-11H2,1H3,(H,21,27)(H2,20,28,29). The van der Waals surface area contributed by atoms with E-state index in [1.54, 1.807) is 10.9 Å². The van der Waals surface area contributed by atoms with Gasteiger partial charge in [-0.1, -0.05) is 11.8 Å². The van der Waals surface area contributed by atoms with Gasteiger partial charge in [-0.05, 0) is 30.5 Å². The molecule has 0 bridgehead atoms. The Bertz CT molecular complexity index is 1220. The van der Waals surface area contributed by atoms with Crippen LogP contribution in [-0.2, 0) is 21.3 Å². The number of carbonyl (C=O) groups is 1. The normalized spacial score (nSPS) is 14.6. The summed E-state index contributed by atoms with van der Waals surface area (Å²) in [5, 5.41) is 13.9. The molecule has 1 saturated heterocycles. The van der Waals surface area contributed by atoms with Gasteiger partial charge in [0.15, 0.2) is 10.8 Å². The molecule has 11 nitrogen and oxygen atoms in total. The molecule has 1 fully saturated rings. The van der Waals surface area contributed by atoms with Gasteiger partial charge in [-0.3, -0.25) is 4.79 Å². The second-order valence-corrected chi connectivity index (χ2v) is 9.40. The van der Waals surface area contributed by atoms with E-state index in [-0.39, 0.29) is 10.8 Å². The monoisotopic (exact) mass is 477 g/mol. The maximum Gasteiger partial charge on any atom is 0.251 e. The number of nitrogens with zero attached hydrogens (tertiary/aromatic N) is 5. The Labute approximate surface area is 189 Å². The van der Waals surface area contributed by atoms with Crippen molar-refractivity contribution in [2.24, 2.45) is 5.14 Å². The highest BCUT2D eigenvalue weighted by Gasteiger charge is 2.20. The zero-order valence-electron chi connectivity index (χ0n) is 17.4. The first-order valence-electron chi connectivity index (χ1n) is 9.88. The summed E-state index contributed by atoms with van der Waals surface area (Å²) in [5.74, 6) is 0.517. The highest BCUT2D eigenvalue weighted by molar-refractivity contribution is 7.98. The SMILES string of the molecule is CSc1nc(N2CCOCC2)c2cnn(CCNC(=O)c3ccc(S(N)(=O)=O)cc3)c2n1. The lowest BCUT2D eigenvalue weighted by molar-refractivity contribution is 0.0952. The van der Waals surface area contributed by atoms with E-state index in [1.165, 1.54) is 36.0 Å². The first-order valence-corrected chi connectivity index (χ1v) is 12.7. The predicted octanol–water partition coefficient (Wildman–Crippen LogP) is 0.462. The predicted molar refractivity (Wildman–Crippen MR) is 120 cm³/mol. The van der Waals surface area contributed by atoms with Crippen LogP contribution in [0, 0.1) is 0 Å². The van der Waals surface area contributed by atoms with Crippen LogP contribution in [0.25, 0.3) is 11.0 Å². The summed E-state index contributed by atoms with van der Waals surface area (Å²) in [4.78, 5) is 23.8. The summed E-state index contributed by atoms with van der Waals surface area (Å²) in [6.07, 6.45) is 3.67. The number of anilines is 1. The molecule has 32 heavy (non-hydrogen) atoms. The molecular weight excluding hydrogens is 454 g/mol. The van der Waals surface area contributed by atoms with Gasteiger partial charge in [0.2, 0.25) is 10.0 Å². The van der Waals surface area contributed by atoms with Gasteiger partial charge in [0, 0.05) is 25.2 Å². The van der Waals surface area contributed by atoms with Crippen molar-refractivity contribution in [1.82, 2.24) is 25.1 Å². The number of thioether (sulfide) groups is 1. The summed E-state index contributed by atoms with van der Waals surface area (Å²) in [6, 6.07) is 5.45. The smallest absolute Gasteiger partial charge is 0.251 e. The van der Waals surface area contributed by atoms with Crippen molar-refractivity contribution in [3.05, 3.63) is 36.0 Å². The number of morpholine rings is 1. The fraction of sp³-hybridized carbons (Fsp3) is 0.368. The van der Waals surface area contributed by atoms with E-state index in [1.807, 2.05) is 6.26 Å². The van der Waals surface area contributed by atoms with Crippen molar-refractivity contribution in [3.63, 3.8) is 0 Å². The van der Waals surface area contributed by atoms with Gasteiger partial charge < -0.3 is 15.0 Å². The van der Waals surface area contributed by atoms with E-state index in [2.05, 4.69) is 25.3 Å². The van der Waals surface area contributed by atoms with Crippen molar-refractivity contribution in [1.29, 1.82) is 0 Å². The number of fused-ring (bicyclic) bond motifs is 1. The molecule has 2 aromatic heterocycles. The first kappa shape index (κ1) is 22.5. The van der Waals surface area contributed by atoms with Gasteiger partial charge in [-0.25, -0.2) is 28.2 Å². The Morgan fingerprint density at radius 2 is 1.94 bits per heavy atom. The maximum atomic E-state index is 12.4. The largest absolute Gasteiger partial charge is 0.378 e. The minimum Gasteiger partial charge on any atom is -0.378 e. The van der Waals surface area contributed by atoms with Crippen LogP contribution in [0.4, 0.5) is 5.82 Å². The average molecular weight is 478 g/mol. The van der Waals surface area contributed by atoms with Crippen LogP contribution >= 0.6 is 11.8 Å². The Kier molecular flexibility index (Phi) is 6.60. The summed E-state index contributed by atoms with van der Waals surface area (Å²) in [7, 11) is -3.80. The molecule has 4 rings (SSSR count). The van der Waals surface area contributed by atoms with E-state index in [0.717, 1.165) is 24.3 Å². The second-order valence-electron chi connectivity index (χ2n) is 7.06. The molecule has 1 amide bonds. The van der Waals surface area contributed by atoms with Crippen molar-refractivity contribution in [2.75, 3.05) is 44.0 Å². The van der Waals surface area contributed by atoms with Crippen LogP contribution in [0.3, 0.4) is 0 Å². The third-order valence-corrected chi connectivity index (χ3v) is 6.48. The average Bonchev–Trinajstić information content (AvgIpc) is 3.21. The Balaban J connectivity index is 1.47. The summed E-state index contributed by atoms with van der Waals surface area (Å²) in [5.41, 5.74) is 1.04. The molecule has 13 heteroatoms. The number of primary sulfonamides is 1. The van der Waals surface area contributed by atoms with E-state index in [4.69, 9.17) is 9.88 Å². The van der Waals surface area contributed by atoms with Crippen LogP contribution in [-0.4, -0.2) is 73.2 Å². The van der Waals surface area contributed by atoms with Crippen molar-refractivity contribution < 1.29 is 17.9 Å². The van der Waals surface area contributed by atoms with Gasteiger partial charge in [-0.15, -0.1) is 0 Å². The Morgan fingerprint density at radius 3 is 2.59 bits per heavy atom. The van der Waals surface area contributed by atoms with Gasteiger partial charge in [0.05, 0.1) is 36.2 Å². The fourth-order valence-electron chi connectivity index (χ4n) is 3.37. The number of hydrogen-bond acceptors (Lipinski definition) is 9. The van der Waals surface area contributed by atoms with E-state index in [9.17, 15) is 13.2 Å². The molecule has 3 aromatic rings. The second kappa shape index (κ2) is 9.40. The molecule has 1 aromatic carbocycles. The van der Waals surface area contributed by atoms with Gasteiger partial charge >= 0.3 is 0 Å². The molecule has 1 aliphatic rings. The van der Waals surface area contributed by atoms with Crippen LogP contribution in [0.15, 0.2) is 40.5 Å². The van der Waals surface area contributed by atoms with Crippen LogP contribution in [0.1, 0.15) is 10.4 Å². The van der Waals surface area contributed by atoms with E-state index >= 15 is 0 Å². The van der Waals surface area contributed by atoms with Gasteiger partial charge in [0.25, 0.3) is 5.91 Å². The zero-order chi connectivity index (χ0) is 22.7. The highest BCUT2D eigenvalue weighted by atomic mass is 32.2. The lowest BCUT2D eigenvalue weighted by Crippen LogP contribution is -2.37. The van der Waals surface area contributed by atoms with Crippen molar-refractivity contribution >= 4 is 44.5 Å². The van der Waals surface area contributed by atoms with Crippen LogP contribution < -0.4 is 15.4 Å². The number of amides is 1. The number of nitrogens with two attached hydrogens (primary N) is 1. The lowest BCUT2D eigenvalue weighted by atomic mass is 10.2. The Hall–Kier alpha value is -2.74. The molecular formula is C19H23N7O4S2. The van der Waals surface area contributed by atoms with Crippen molar-refractivity contribution in [3.8, 4) is 0 Å². The number of sulfonamides is 1. The number of rotatable bonds is 7. The van der Waals surface area contributed by atoms with Crippen molar-refractivity contribution in [2.45, 2.75) is 16.6 Å². The number of ether oxygens (including phenoxy) is 1. The summed E-state index contributed by atoms with van der Waals surface area (Å²) >= 11 is 1.46. The zero-order valence-corrected chi connectivity index (χ0v) is 19.0. The third kappa shape index (κ3) is 4.85. The van der Waals surface area contributed by atoms with E-state index < -0.39 is 10.0 Å². The molecule has 3 heterocycles. The molecule has 0 saturated carbocycles. The van der Waals surface area contributed by atoms with Crippen LogP contribution in [0.2, 0.25) is 0 Å². The number of carbonyl (C=O) groups excluding carboxylic acids is 1. The molecule has 1 aliphatic heterocycles. The quantitative estimate of drug-likeness (QED) is 0.366. The number of hydrogen-bond donors (Lipinski definition) is 2. The summed E-state index contributed by atoms with van der Waals surface area (Å²) < 4.78 is 29.9. The van der Waals surface area contributed by atoms with Gasteiger partial charge in [-0.2, -0.15) is 5.10 Å². The minimum absolute atomic E-state index is 0.0441. The first-order chi connectivity index (χ1) is 15.4. The Morgan fingerprint density at radius 1 is 1.22 bits per heavy atom. The summed E-state index contributed by atoms with van der Waals surface area (Å²) in [6.45, 7) is 3.55. The highest BCUT2D eigenvalue weighted by Crippen LogP contribution is 2.27. The molecule has 0 radical (unpaired) electrons. The third-order valence-electron chi connectivity index (χ3n) is 5.00. The molecule has 170 valence electrons. The fourth-order valence-corrected chi connectivity index (χ4v) is 4.24. The molecule has 0 atom stereocenters. The molecule has 3 N–H and O–H groups in total. The maximum absolute atomic E-state index is 12.4. The molecule has 0 unspecified atom stereocenters. The van der Waals surface area contributed by atoms with E-state index in [0.29, 0.717) is 42.7 Å². The molecule has 0 spiro atoms. The topological polar surface area (TPSA) is 145 Å². The van der Waals surface area contributed by atoms with Crippen LogP contribution in [0.5, 0.6) is 0 Å². The number of aromatic nitrogens is 4. The van der Waals surface area contributed by atoms with Gasteiger partial charge in [0.1, 0.15) is 5.82 Å². The number of nitrogens with one attached hydrogen (secondary N) is 1. The lowest BCUT2D eigenvalue weighted by Gasteiger charge is -2.28.